The van der Waals surface area contributed by atoms with Gasteiger partial charge in [0.15, 0.2) is 0 Å². The zero-order valence-corrected chi connectivity index (χ0v) is 8.28. The van der Waals surface area contributed by atoms with E-state index in [0.29, 0.717) is 0 Å². The highest BCUT2D eigenvalue weighted by Crippen LogP contribution is 2.29. The molecule has 0 bridgehead atoms. The van der Waals surface area contributed by atoms with Gasteiger partial charge in [0.1, 0.15) is 11.8 Å². The molecule has 1 unspecified atom stereocenters. The van der Waals surface area contributed by atoms with E-state index in [2.05, 4.69) is 9.97 Å². The smallest absolute Gasteiger partial charge is 0.123 e. The second-order valence-electron chi connectivity index (χ2n) is 3.04. The summed E-state index contributed by atoms with van der Waals surface area (Å²) in [5, 5.41) is 0. The Morgan fingerprint density at radius 1 is 1.46 bits per heavy atom. The van der Waals surface area contributed by atoms with Crippen LogP contribution in [0.5, 0.6) is 0 Å². The van der Waals surface area contributed by atoms with Crippen molar-refractivity contribution >= 4 is 23.4 Å². The fourth-order valence-corrected chi connectivity index (χ4v) is 1.64. The number of halogens is 1. The van der Waals surface area contributed by atoms with Crippen LogP contribution in [0.15, 0.2) is 12.4 Å². The van der Waals surface area contributed by atoms with E-state index in [4.69, 9.17) is 11.6 Å². The molecule has 0 amide bonds. The lowest BCUT2D eigenvalue weighted by atomic mass is 10.2. The van der Waals surface area contributed by atoms with Crippen molar-refractivity contribution in [3.63, 3.8) is 0 Å². The largest absolute Gasteiger partial charge is 0.352 e. The fourth-order valence-electron chi connectivity index (χ4n) is 1.47. The van der Waals surface area contributed by atoms with Gasteiger partial charge in [0.2, 0.25) is 0 Å². The van der Waals surface area contributed by atoms with E-state index >= 15 is 0 Å². The summed E-state index contributed by atoms with van der Waals surface area (Å²) in [4.78, 5) is 10.3. The minimum atomic E-state index is -0.0998. The number of nitrogens with zero attached hydrogens (tertiary/aromatic N) is 3. The number of hydrogen-bond acceptors (Lipinski definition) is 3. The Morgan fingerprint density at radius 2 is 2.23 bits per heavy atom. The van der Waals surface area contributed by atoms with Crippen molar-refractivity contribution in [1.82, 2.24) is 9.97 Å². The lowest BCUT2D eigenvalue weighted by molar-refractivity contribution is 0.914. The van der Waals surface area contributed by atoms with Crippen molar-refractivity contribution in [3.8, 4) is 0 Å². The molecule has 4 heteroatoms. The lowest BCUT2D eigenvalue weighted by Gasteiger charge is -2.28. The predicted molar refractivity (Wildman–Crippen MR) is 53.8 cm³/mol. The zero-order chi connectivity index (χ0) is 9.42. The molecule has 3 nitrogen and oxygen atoms in total. The number of rotatable bonds is 0. The molecule has 0 saturated carbocycles. The van der Waals surface area contributed by atoms with Crippen LogP contribution in [-0.2, 0) is 0 Å². The summed E-state index contributed by atoms with van der Waals surface area (Å²) in [6.45, 7) is 1.96. The Bertz CT molecular complexity index is 362. The number of aromatic nitrogens is 2. The average molecular weight is 196 g/mol. The summed E-state index contributed by atoms with van der Waals surface area (Å²) in [5.41, 5.74) is 2.82. The SMILES string of the molecule is Cc1ncnc2c1N(C)C(Cl)C=C2. The van der Waals surface area contributed by atoms with Crippen LogP contribution in [0.2, 0.25) is 0 Å². The minimum Gasteiger partial charge on any atom is -0.352 e. The van der Waals surface area contributed by atoms with Gasteiger partial charge >= 0.3 is 0 Å². The standard InChI is InChI=1S/C9H10ClN3/c1-6-9-7(12-5-11-6)3-4-8(10)13(9)2/h3-5,8H,1-2H3. The summed E-state index contributed by atoms with van der Waals surface area (Å²) in [7, 11) is 1.94. The Morgan fingerprint density at radius 3 is 3.00 bits per heavy atom. The summed E-state index contributed by atoms with van der Waals surface area (Å²) in [6, 6.07) is 0. The van der Waals surface area contributed by atoms with Crippen LogP contribution < -0.4 is 4.90 Å². The Hall–Kier alpha value is -1.09. The van der Waals surface area contributed by atoms with Crippen LogP contribution in [0.25, 0.3) is 6.08 Å². The third-order valence-corrected chi connectivity index (χ3v) is 2.61. The molecule has 0 aliphatic carbocycles. The first kappa shape index (κ1) is 8.51. The van der Waals surface area contributed by atoms with Gasteiger partial charge in [-0.3, -0.25) is 0 Å². The van der Waals surface area contributed by atoms with Gasteiger partial charge in [0.05, 0.1) is 17.1 Å². The monoisotopic (exact) mass is 195 g/mol. The number of anilines is 1. The van der Waals surface area contributed by atoms with Crippen LogP contribution in [0, 0.1) is 6.92 Å². The second-order valence-corrected chi connectivity index (χ2v) is 3.48. The molecule has 2 rings (SSSR count). The van der Waals surface area contributed by atoms with Gasteiger partial charge in [0.25, 0.3) is 0 Å². The van der Waals surface area contributed by atoms with Crippen LogP contribution in [0.1, 0.15) is 11.4 Å². The quantitative estimate of drug-likeness (QED) is 0.467. The van der Waals surface area contributed by atoms with Crippen molar-refractivity contribution < 1.29 is 0 Å². The van der Waals surface area contributed by atoms with Gasteiger partial charge in [-0.15, -0.1) is 0 Å². The van der Waals surface area contributed by atoms with Crippen molar-refractivity contribution in [1.29, 1.82) is 0 Å². The third-order valence-electron chi connectivity index (χ3n) is 2.17. The molecule has 0 fully saturated rings. The molecule has 68 valence electrons. The molecular formula is C9H10ClN3. The molecule has 0 saturated heterocycles. The average Bonchev–Trinajstić information content (AvgIpc) is 2.12. The topological polar surface area (TPSA) is 29.0 Å². The number of fused-ring (bicyclic) bond motifs is 1. The highest BCUT2D eigenvalue weighted by atomic mass is 35.5. The first-order valence-corrected chi connectivity index (χ1v) is 4.50. The van der Waals surface area contributed by atoms with Crippen LogP contribution in [-0.4, -0.2) is 22.5 Å². The summed E-state index contributed by atoms with van der Waals surface area (Å²) < 4.78 is 0. The first-order valence-electron chi connectivity index (χ1n) is 4.07. The van der Waals surface area contributed by atoms with Crippen molar-refractivity contribution in [2.24, 2.45) is 0 Å². The molecule has 0 N–H and O–H groups in total. The van der Waals surface area contributed by atoms with Gasteiger partial charge in [-0.1, -0.05) is 11.6 Å². The molecule has 0 spiro atoms. The predicted octanol–water partition coefficient (Wildman–Crippen LogP) is 1.81. The number of likely N-dealkylation sites (N-methyl/N-ethyl adjacent to an activating group) is 1. The molecule has 1 aliphatic heterocycles. The van der Waals surface area contributed by atoms with Crippen molar-refractivity contribution in [2.45, 2.75) is 12.4 Å². The summed E-state index contributed by atoms with van der Waals surface area (Å²) >= 11 is 6.05. The molecule has 13 heavy (non-hydrogen) atoms. The van der Waals surface area contributed by atoms with E-state index in [-0.39, 0.29) is 5.50 Å². The van der Waals surface area contributed by atoms with Gasteiger partial charge in [-0.05, 0) is 19.1 Å². The molecular weight excluding hydrogens is 186 g/mol. The minimum absolute atomic E-state index is 0.0998. The highest BCUT2D eigenvalue weighted by molar-refractivity contribution is 6.23. The van der Waals surface area contributed by atoms with Crippen molar-refractivity contribution in [3.05, 3.63) is 23.8 Å². The van der Waals surface area contributed by atoms with Crippen LogP contribution in [0.3, 0.4) is 0 Å². The maximum Gasteiger partial charge on any atom is 0.123 e. The van der Waals surface area contributed by atoms with E-state index in [9.17, 15) is 0 Å². The first-order chi connectivity index (χ1) is 6.20. The normalized spacial score (nSPS) is 20.2. The molecule has 2 heterocycles. The van der Waals surface area contributed by atoms with Gasteiger partial charge in [-0.25, -0.2) is 9.97 Å². The molecule has 1 aliphatic rings. The Labute approximate surface area is 82.1 Å². The molecule has 0 aromatic carbocycles. The lowest BCUT2D eigenvalue weighted by Crippen LogP contribution is -2.29. The third kappa shape index (κ3) is 1.29. The molecule has 0 radical (unpaired) electrons. The zero-order valence-electron chi connectivity index (χ0n) is 7.53. The highest BCUT2D eigenvalue weighted by Gasteiger charge is 2.19. The number of aryl methyl sites for hydroxylation is 1. The molecule has 1 aromatic rings. The Balaban J connectivity index is 2.60. The molecule has 1 atom stereocenters. The fraction of sp³-hybridized carbons (Fsp3) is 0.333. The van der Waals surface area contributed by atoms with Gasteiger partial charge in [0, 0.05) is 7.05 Å². The maximum absolute atomic E-state index is 6.05. The van der Waals surface area contributed by atoms with E-state index in [0.717, 1.165) is 17.1 Å². The van der Waals surface area contributed by atoms with Crippen molar-refractivity contribution in [2.75, 3.05) is 11.9 Å². The van der Waals surface area contributed by atoms with Crippen LogP contribution in [0.4, 0.5) is 5.69 Å². The maximum atomic E-state index is 6.05. The van der Waals surface area contributed by atoms with E-state index < -0.39 is 0 Å². The Kier molecular flexibility index (Phi) is 1.96. The van der Waals surface area contributed by atoms with E-state index in [1.54, 1.807) is 6.33 Å². The van der Waals surface area contributed by atoms with Crippen LogP contribution >= 0.6 is 11.6 Å². The number of hydrogen-bond donors (Lipinski definition) is 0. The van der Waals surface area contributed by atoms with E-state index in [1.165, 1.54) is 0 Å². The summed E-state index contributed by atoms with van der Waals surface area (Å²) in [5.74, 6) is 0. The van der Waals surface area contributed by atoms with E-state index in [1.807, 2.05) is 31.0 Å². The second kappa shape index (κ2) is 3.00. The van der Waals surface area contributed by atoms with Gasteiger partial charge < -0.3 is 4.90 Å². The number of alkyl halides is 1. The molecule has 1 aromatic heterocycles. The van der Waals surface area contributed by atoms with Gasteiger partial charge in [-0.2, -0.15) is 0 Å². The summed E-state index contributed by atoms with van der Waals surface area (Å²) in [6.07, 6.45) is 5.42.